The lowest BCUT2D eigenvalue weighted by atomic mass is 10.0. The average Bonchev–Trinajstić information content (AvgIpc) is 2.22. The van der Waals surface area contributed by atoms with Crippen LogP contribution in [-0.4, -0.2) is 29.6 Å². The number of nitrogens with one attached hydrogen (secondary N) is 1. The summed E-state index contributed by atoms with van der Waals surface area (Å²) in [6, 6.07) is -0.0954. The maximum absolute atomic E-state index is 11.4. The number of hydrogen-bond donors (Lipinski definition) is 3. The van der Waals surface area contributed by atoms with Crippen molar-refractivity contribution < 1.29 is 14.7 Å². The second kappa shape index (κ2) is 8.98. The van der Waals surface area contributed by atoms with Crippen LogP contribution in [0.2, 0.25) is 0 Å². The normalized spacial score (nSPS) is 12.5. The Morgan fingerprint density at radius 1 is 1.24 bits per heavy atom. The van der Waals surface area contributed by atoms with Gasteiger partial charge >= 0.3 is 5.97 Å². The van der Waals surface area contributed by atoms with Gasteiger partial charge in [-0.25, -0.2) is 0 Å². The fourth-order valence-electron chi connectivity index (χ4n) is 1.33. The first kappa shape index (κ1) is 15.9. The summed E-state index contributed by atoms with van der Waals surface area (Å²) in [5.41, 5.74) is 5.78. The molecule has 0 fully saturated rings. The number of carbonyl (C=O) groups excluding carboxylic acids is 1. The van der Waals surface area contributed by atoms with E-state index in [1.54, 1.807) is 0 Å². The van der Waals surface area contributed by atoms with Gasteiger partial charge in [-0.05, 0) is 18.8 Å². The van der Waals surface area contributed by atoms with Crippen LogP contribution in [-0.2, 0) is 9.59 Å². The fraction of sp³-hybridized carbons (Fsp3) is 0.833. The number of carboxylic acid groups (broad SMARTS) is 1. The first-order chi connectivity index (χ1) is 7.93. The molecule has 0 rings (SSSR count). The molecule has 4 N–H and O–H groups in total. The lowest BCUT2D eigenvalue weighted by molar-refractivity contribution is -0.137. The van der Waals surface area contributed by atoms with Crippen molar-refractivity contribution in [3.8, 4) is 0 Å². The monoisotopic (exact) mass is 244 g/mol. The molecule has 0 aliphatic carbocycles. The molecule has 0 aliphatic rings. The minimum atomic E-state index is -0.767. The largest absolute Gasteiger partial charge is 0.481 e. The van der Waals surface area contributed by atoms with Gasteiger partial charge in [-0.3, -0.25) is 9.59 Å². The summed E-state index contributed by atoms with van der Waals surface area (Å²) in [4.78, 5) is 21.7. The Hall–Kier alpha value is -1.10. The van der Waals surface area contributed by atoms with Crippen LogP contribution >= 0.6 is 0 Å². The van der Waals surface area contributed by atoms with Gasteiger partial charge in [-0.1, -0.05) is 20.3 Å². The van der Waals surface area contributed by atoms with E-state index in [4.69, 9.17) is 10.8 Å². The van der Waals surface area contributed by atoms with Gasteiger partial charge in [0.15, 0.2) is 0 Å². The number of amides is 1. The molecule has 0 saturated carbocycles. The van der Waals surface area contributed by atoms with Gasteiger partial charge in [-0.15, -0.1) is 0 Å². The van der Waals surface area contributed by atoms with Gasteiger partial charge in [-0.2, -0.15) is 0 Å². The third-order valence-corrected chi connectivity index (χ3v) is 2.67. The molecule has 0 aromatic carbocycles. The predicted octanol–water partition coefficient (Wildman–Crippen LogP) is 1.12. The summed E-state index contributed by atoms with van der Waals surface area (Å²) < 4.78 is 0. The second-order valence-electron chi connectivity index (χ2n) is 4.67. The molecule has 100 valence electrons. The van der Waals surface area contributed by atoms with Gasteiger partial charge < -0.3 is 16.2 Å². The van der Waals surface area contributed by atoms with Gasteiger partial charge in [0.05, 0.1) is 0 Å². The van der Waals surface area contributed by atoms with E-state index in [0.717, 1.165) is 12.8 Å². The third kappa shape index (κ3) is 9.81. The van der Waals surface area contributed by atoms with E-state index in [1.807, 2.05) is 13.8 Å². The van der Waals surface area contributed by atoms with Crippen LogP contribution in [0, 0.1) is 5.92 Å². The van der Waals surface area contributed by atoms with Crippen LogP contribution in [0.5, 0.6) is 0 Å². The molecule has 0 saturated heterocycles. The van der Waals surface area contributed by atoms with Gasteiger partial charge in [0, 0.05) is 25.4 Å². The van der Waals surface area contributed by atoms with Crippen molar-refractivity contribution in [1.29, 1.82) is 0 Å². The Labute approximate surface area is 103 Å². The highest BCUT2D eigenvalue weighted by molar-refractivity contribution is 5.76. The van der Waals surface area contributed by atoms with Gasteiger partial charge in [0.1, 0.15) is 0 Å². The Kier molecular flexibility index (Phi) is 8.40. The molecule has 0 spiro atoms. The SMILES string of the molecule is CC(C)C(N)CC(=O)NCCCCCC(=O)O. The summed E-state index contributed by atoms with van der Waals surface area (Å²) in [6.07, 6.45) is 2.86. The highest BCUT2D eigenvalue weighted by Crippen LogP contribution is 2.03. The van der Waals surface area contributed by atoms with Crippen LogP contribution in [0.1, 0.15) is 46.0 Å². The Balaban J connectivity index is 3.42. The lowest BCUT2D eigenvalue weighted by Crippen LogP contribution is -2.35. The number of hydrogen-bond acceptors (Lipinski definition) is 3. The van der Waals surface area contributed by atoms with Crippen molar-refractivity contribution in [2.45, 2.75) is 52.0 Å². The maximum Gasteiger partial charge on any atom is 0.303 e. The molecule has 1 amide bonds. The summed E-state index contributed by atoms with van der Waals surface area (Å²) in [7, 11) is 0. The predicted molar refractivity (Wildman–Crippen MR) is 66.5 cm³/mol. The van der Waals surface area contributed by atoms with E-state index in [2.05, 4.69) is 5.32 Å². The van der Waals surface area contributed by atoms with Crippen molar-refractivity contribution in [1.82, 2.24) is 5.32 Å². The third-order valence-electron chi connectivity index (χ3n) is 2.67. The van der Waals surface area contributed by atoms with Crippen LogP contribution in [0.15, 0.2) is 0 Å². The van der Waals surface area contributed by atoms with Gasteiger partial charge in [0.25, 0.3) is 0 Å². The van der Waals surface area contributed by atoms with Crippen molar-refractivity contribution in [2.75, 3.05) is 6.54 Å². The molecule has 0 bridgehead atoms. The van der Waals surface area contributed by atoms with E-state index >= 15 is 0 Å². The fourth-order valence-corrected chi connectivity index (χ4v) is 1.33. The van der Waals surface area contributed by atoms with Crippen LogP contribution in [0.4, 0.5) is 0 Å². The smallest absolute Gasteiger partial charge is 0.303 e. The minimum absolute atomic E-state index is 0.0237. The van der Waals surface area contributed by atoms with Crippen molar-refractivity contribution in [3.63, 3.8) is 0 Å². The molecule has 0 radical (unpaired) electrons. The molecule has 0 aromatic heterocycles. The second-order valence-corrected chi connectivity index (χ2v) is 4.67. The molecule has 17 heavy (non-hydrogen) atoms. The van der Waals surface area contributed by atoms with Crippen molar-refractivity contribution >= 4 is 11.9 Å². The molecular formula is C12H24N2O3. The van der Waals surface area contributed by atoms with Crippen molar-refractivity contribution in [3.05, 3.63) is 0 Å². The first-order valence-electron chi connectivity index (χ1n) is 6.17. The average molecular weight is 244 g/mol. The zero-order valence-electron chi connectivity index (χ0n) is 10.7. The topological polar surface area (TPSA) is 92.4 Å². The quantitative estimate of drug-likeness (QED) is 0.530. The zero-order chi connectivity index (χ0) is 13.3. The molecule has 0 aliphatic heterocycles. The summed E-state index contributed by atoms with van der Waals surface area (Å²) in [5, 5.41) is 11.2. The Bertz CT molecular complexity index is 242. The standard InChI is InChI=1S/C12H24N2O3/c1-9(2)10(13)8-11(15)14-7-5-3-4-6-12(16)17/h9-10H,3-8,13H2,1-2H3,(H,14,15)(H,16,17). The highest BCUT2D eigenvalue weighted by atomic mass is 16.4. The number of unbranched alkanes of at least 4 members (excludes halogenated alkanes) is 2. The van der Waals surface area contributed by atoms with Crippen LogP contribution in [0.3, 0.4) is 0 Å². The van der Waals surface area contributed by atoms with E-state index in [-0.39, 0.29) is 18.4 Å². The van der Waals surface area contributed by atoms with E-state index < -0.39 is 5.97 Å². The van der Waals surface area contributed by atoms with Crippen LogP contribution in [0.25, 0.3) is 0 Å². The lowest BCUT2D eigenvalue weighted by Gasteiger charge is -2.14. The maximum atomic E-state index is 11.4. The summed E-state index contributed by atoms with van der Waals surface area (Å²) in [6.45, 7) is 4.58. The molecule has 0 aromatic rings. The van der Waals surface area contributed by atoms with Crippen LogP contribution < -0.4 is 11.1 Å². The first-order valence-corrected chi connectivity index (χ1v) is 6.17. The van der Waals surface area contributed by atoms with Crippen molar-refractivity contribution in [2.24, 2.45) is 11.7 Å². The van der Waals surface area contributed by atoms with Gasteiger partial charge in [0.2, 0.25) is 5.91 Å². The zero-order valence-corrected chi connectivity index (χ0v) is 10.7. The molecule has 0 heterocycles. The molecule has 1 atom stereocenters. The number of carboxylic acids is 1. The molecule has 1 unspecified atom stereocenters. The highest BCUT2D eigenvalue weighted by Gasteiger charge is 2.12. The number of nitrogens with two attached hydrogens (primary N) is 1. The number of rotatable bonds is 9. The summed E-state index contributed by atoms with van der Waals surface area (Å²) >= 11 is 0. The van der Waals surface area contributed by atoms with E-state index in [9.17, 15) is 9.59 Å². The minimum Gasteiger partial charge on any atom is -0.481 e. The van der Waals surface area contributed by atoms with E-state index in [1.165, 1.54) is 0 Å². The molecular weight excluding hydrogens is 220 g/mol. The Morgan fingerprint density at radius 3 is 2.41 bits per heavy atom. The number of aliphatic carboxylic acids is 1. The molecule has 5 nitrogen and oxygen atoms in total. The summed E-state index contributed by atoms with van der Waals surface area (Å²) in [5.74, 6) is -0.488. The Morgan fingerprint density at radius 2 is 1.88 bits per heavy atom. The van der Waals surface area contributed by atoms with E-state index in [0.29, 0.717) is 25.3 Å². The number of carbonyl (C=O) groups is 2. The molecule has 5 heteroatoms.